The van der Waals surface area contributed by atoms with Gasteiger partial charge in [-0.15, -0.1) is 0 Å². The first-order valence-corrected chi connectivity index (χ1v) is 7.56. The molecule has 1 heterocycles. The number of rotatable bonds is 2. The summed E-state index contributed by atoms with van der Waals surface area (Å²) in [6.45, 7) is 0. The second-order valence-corrected chi connectivity index (χ2v) is 6.15. The lowest BCUT2D eigenvalue weighted by Gasteiger charge is -2.36. The van der Waals surface area contributed by atoms with E-state index in [9.17, 15) is 4.79 Å². The summed E-state index contributed by atoms with van der Waals surface area (Å²) in [6, 6.07) is 0.280. The Balaban J connectivity index is 1.84. The number of carbonyl (C=O) groups excluding carboxylic acids is 1. The summed E-state index contributed by atoms with van der Waals surface area (Å²) >= 11 is 0. The molecule has 0 aliphatic heterocycles. The van der Waals surface area contributed by atoms with Gasteiger partial charge in [0.15, 0.2) is 0 Å². The summed E-state index contributed by atoms with van der Waals surface area (Å²) in [5, 5.41) is 0. The molecule has 0 spiro atoms. The maximum absolute atomic E-state index is 11.9. The highest BCUT2D eigenvalue weighted by molar-refractivity contribution is 5.80. The van der Waals surface area contributed by atoms with Gasteiger partial charge in [-0.2, -0.15) is 0 Å². The Morgan fingerprint density at radius 1 is 1.45 bits per heavy atom. The number of aromatic nitrogens is 2. The molecular formula is C15H23N3O2. The largest absolute Gasteiger partial charge is 0.468 e. The predicted octanol–water partition coefficient (Wildman–Crippen LogP) is 1.75. The zero-order valence-electron chi connectivity index (χ0n) is 12.1. The molecule has 2 aliphatic carbocycles. The van der Waals surface area contributed by atoms with Gasteiger partial charge < -0.3 is 15.0 Å². The van der Waals surface area contributed by atoms with Crippen molar-refractivity contribution in [3.05, 3.63) is 17.7 Å². The number of hydrogen-bond donors (Lipinski definition) is 1. The molecule has 0 bridgehead atoms. The number of methoxy groups -OCH3 is 1. The highest BCUT2D eigenvalue weighted by Gasteiger charge is 2.41. The van der Waals surface area contributed by atoms with Crippen LogP contribution >= 0.6 is 0 Å². The van der Waals surface area contributed by atoms with Crippen molar-refractivity contribution in [1.29, 1.82) is 0 Å². The standard InChI is InChI=1S/C15H23N3O2/c1-20-14(19)15(16)8-4-5-11(9-15)18-10-17-12-6-2-3-7-13(12)18/h10-11H,2-9,16H2,1H3. The van der Waals surface area contributed by atoms with Gasteiger partial charge in [0.2, 0.25) is 0 Å². The minimum absolute atomic E-state index is 0.280. The summed E-state index contributed by atoms with van der Waals surface area (Å²) < 4.78 is 7.16. The van der Waals surface area contributed by atoms with Gasteiger partial charge in [-0.25, -0.2) is 4.98 Å². The van der Waals surface area contributed by atoms with Gasteiger partial charge in [0.1, 0.15) is 5.54 Å². The minimum Gasteiger partial charge on any atom is -0.468 e. The summed E-state index contributed by atoms with van der Waals surface area (Å²) in [5.74, 6) is -0.281. The van der Waals surface area contributed by atoms with Crippen LogP contribution in [0, 0.1) is 0 Å². The second-order valence-electron chi connectivity index (χ2n) is 6.15. The maximum atomic E-state index is 11.9. The van der Waals surface area contributed by atoms with Crippen molar-refractivity contribution in [3.8, 4) is 0 Å². The van der Waals surface area contributed by atoms with Gasteiger partial charge in [-0.05, 0) is 51.4 Å². The van der Waals surface area contributed by atoms with Crippen molar-refractivity contribution in [2.24, 2.45) is 5.73 Å². The van der Waals surface area contributed by atoms with E-state index >= 15 is 0 Å². The molecule has 3 rings (SSSR count). The first kappa shape index (κ1) is 13.6. The van der Waals surface area contributed by atoms with Crippen LogP contribution in [-0.2, 0) is 22.4 Å². The fraction of sp³-hybridized carbons (Fsp3) is 0.733. The fourth-order valence-corrected chi connectivity index (χ4v) is 3.71. The summed E-state index contributed by atoms with van der Waals surface area (Å²) in [4.78, 5) is 16.5. The number of fused-ring (bicyclic) bond motifs is 1. The number of nitrogens with zero attached hydrogens (tertiary/aromatic N) is 2. The molecule has 5 heteroatoms. The fourth-order valence-electron chi connectivity index (χ4n) is 3.71. The number of aryl methyl sites for hydroxylation is 1. The topological polar surface area (TPSA) is 70.1 Å². The van der Waals surface area contributed by atoms with Gasteiger partial charge in [-0.3, -0.25) is 4.79 Å². The van der Waals surface area contributed by atoms with Crippen molar-refractivity contribution in [2.75, 3.05) is 7.11 Å². The van der Waals surface area contributed by atoms with E-state index in [1.165, 1.54) is 31.3 Å². The molecule has 1 aromatic heterocycles. The monoisotopic (exact) mass is 277 g/mol. The molecule has 2 atom stereocenters. The Bertz CT molecular complexity index is 511. The van der Waals surface area contributed by atoms with E-state index in [0.29, 0.717) is 12.8 Å². The quantitative estimate of drug-likeness (QED) is 0.836. The van der Waals surface area contributed by atoms with Crippen molar-refractivity contribution in [2.45, 2.75) is 62.9 Å². The molecule has 2 aliphatic rings. The first-order valence-electron chi connectivity index (χ1n) is 7.56. The molecule has 2 unspecified atom stereocenters. The lowest BCUT2D eigenvalue weighted by atomic mass is 9.79. The van der Waals surface area contributed by atoms with Crippen LogP contribution in [0.3, 0.4) is 0 Å². The van der Waals surface area contributed by atoms with E-state index in [2.05, 4.69) is 9.55 Å². The zero-order chi connectivity index (χ0) is 14.2. The summed E-state index contributed by atoms with van der Waals surface area (Å²) in [7, 11) is 1.42. The van der Waals surface area contributed by atoms with E-state index in [-0.39, 0.29) is 12.0 Å². The Hall–Kier alpha value is -1.36. The van der Waals surface area contributed by atoms with Gasteiger partial charge >= 0.3 is 5.97 Å². The lowest BCUT2D eigenvalue weighted by Crippen LogP contribution is -2.52. The number of ether oxygens (including phenoxy) is 1. The third-order valence-corrected chi connectivity index (χ3v) is 4.81. The highest BCUT2D eigenvalue weighted by Crippen LogP contribution is 2.36. The molecule has 110 valence electrons. The minimum atomic E-state index is -0.830. The molecular weight excluding hydrogens is 254 g/mol. The van der Waals surface area contributed by atoms with Gasteiger partial charge in [0.25, 0.3) is 0 Å². The van der Waals surface area contributed by atoms with E-state index in [4.69, 9.17) is 10.5 Å². The maximum Gasteiger partial charge on any atom is 0.325 e. The van der Waals surface area contributed by atoms with Crippen LogP contribution in [0.5, 0.6) is 0 Å². The molecule has 1 fully saturated rings. The number of nitrogens with two attached hydrogens (primary N) is 1. The number of carbonyl (C=O) groups is 1. The van der Waals surface area contributed by atoms with Crippen LogP contribution < -0.4 is 5.73 Å². The predicted molar refractivity (Wildman–Crippen MR) is 75.3 cm³/mol. The van der Waals surface area contributed by atoms with E-state index < -0.39 is 5.54 Å². The smallest absolute Gasteiger partial charge is 0.325 e. The normalized spacial score (nSPS) is 29.8. The Labute approximate surface area is 119 Å². The Morgan fingerprint density at radius 2 is 2.25 bits per heavy atom. The van der Waals surface area contributed by atoms with Crippen LogP contribution in [0.2, 0.25) is 0 Å². The third-order valence-electron chi connectivity index (χ3n) is 4.81. The van der Waals surface area contributed by atoms with Crippen LogP contribution in [0.1, 0.15) is 56.0 Å². The molecule has 20 heavy (non-hydrogen) atoms. The Morgan fingerprint density at radius 3 is 3.05 bits per heavy atom. The average Bonchev–Trinajstić information content (AvgIpc) is 2.90. The van der Waals surface area contributed by atoms with Crippen molar-refractivity contribution >= 4 is 5.97 Å². The third kappa shape index (κ3) is 2.24. The van der Waals surface area contributed by atoms with E-state index in [1.54, 1.807) is 0 Å². The van der Waals surface area contributed by atoms with Crippen LogP contribution in [0.4, 0.5) is 0 Å². The molecule has 1 aromatic rings. The van der Waals surface area contributed by atoms with Crippen LogP contribution in [0.25, 0.3) is 0 Å². The summed E-state index contributed by atoms with van der Waals surface area (Å²) in [6.07, 6.45) is 10.00. The molecule has 5 nitrogen and oxygen atoms in total. The second kappa shape index (κ2) is 5.20. The van der Waals surface area contributed by atoms with E-state index in [0.717, 1.165) is 25.7 Å². The van der Waals surface area contributed by atoms with Gasteiger partial charge in [0, 0.05) is 11.7 Å². The van der Waals surface area contributed by atoms with E-state index in [1.807, 2.05) is 6.33 Å². The molecule has 0 saturated heterocycles. The van der Waals surface area contributed by atoms with Gasteiger partial charge in [0.05, 0.1) is 19.1 Å². The van der Waals surface area contributed by atoms with Crippen molar-refractivity contribution in [3.63, 3.8) is 0 Å². The highest BCUT2D eigenvalue weighted by atomic mass is 16.5. The zero-order valence-corrected chi connectivity index (χ0v) is 12.1. The molecule has 0 aromatic carbocycles. The van der Waals surface area contributed by atoms with Crippen LogP contribution in [-0.4, -0.2) is 28.2 Å². The average molecular weight is 277 g/mol. The Kier molecular flexibility index (Phi) is 3.54. The number of esters is 1. The molecule has 1 saturated carbocycles. The van der Waals surface area contributed by atoms with Crippen molar-refractivity contribution < 1.29 is 9.53 Å². The van der Waals surface area contributed by atoms with Gasteiger partial charge in [-0.1, -0.05) is 0 Å². The number of imidazole rings is 1. The molecule has 0 radical (unpaired) electrons. The lowest BCUT2D eigenvalue weighted by molar-refractivity contribution is -0.148. The summed E-state index contributed by atoms with van der Waals surface area (Å²) in [5.41, 5.74) is 8.04. The van der Waals surface area contributed by atoms with Crippen LogP contribution in [0.15, 0.2) is 6.33 Å². The first-order chi connectivity index (χ1) is 9.64. The molecule has 0 amide bonds. The number of hydrogen-bond acceptors (Lipinski definition) is 4. The van der Waals surface area contributed by atoms with Crippen molar-refractivity contribution in [1.82, 2.24) is 9.55 Å². The SMILES string of the molecule is COC(=O)C1(N)CCCC(n2cnc3c2CCCC3)C1. The molecule has 2 N–H and O–H groups in total.